The van der Waals surface area contributed by atoms with E-state index in [-0.39, 0.29) is 0 Å². The largest absolute Gasteiger partial charge is 0.345 e. The maximum atomic E-state index is 5.46. The Morgan fingerprint density at radius 3 is 3.08 bits per heavy atom. The Labute approximate surface area is 78.1 Å². The summed E-state index contributed by atoms with van der Waals surface area (Å²) in [4.78, 5) is 7.35. The van der Waals surface area contributed by atoms with Gasteiger partial charge in [-0.2, -0.15) is 0 Å². The molecule has 3 nitrogen and oxygen atoms in total. The fourth-order valence-corrected chi connectivity index (χ4v) is 1.56. The Morgan fingerprint density at radius 2 is 2.33 bits per heavy atom. The Hall–Kier alpha value is -0.870. The molecule has 0 bridgehead atoms. The van der Waals surface area contributed by atoms with E-state index in [9.17, 15) is 0 Å². The van der Waals surface area contributed by atoms with E-state index in [0.717, 1.165) is 21.2 Å². The van der Waals surface area contributed by atoms with E-state index in [2.05, 4.69) is 25.9 Å². The molecule has 2 heterocycles. The number of halogens is 1. The first-order chi connectivity index (χ1) is 5.81. The first-order valence-corrected chi connectivity index (χ1v) is 4.43. The standard InChI is InChI=1S/C8H8BrN3/c9-7-4-11-8-6(7)2-1-5(3-10)12-8/h1-2,4H,3,10H2,(H,11,12). The molecule has 0 aliphatic carbocycles. The average Bonchev–Trinajstić information content (AvgIpc) is 2.47. The lowest BCUT2D eigenvalue weighted by atomic mass is 10.3. The van der Waals surface area contributed by atoms with Gasteiger partial charge in [-0.15, -0.1) is 0 Å². The third kappa shape index (κ3) is 1.13. The van der Waals surface area contributed by atoms with Gasteiger partial charge in [0.15, 0.2) is 0 Å². The van der Waals surface area contributed by atoms with Gasteiger partial charge in [0.2, 0.25) is 0 Å². The quantitative estimate of drug-likeness (QED) is 0.778. The van der Waals surface area contributed by atoms with Gasteiger partial charge in [0.25, 0.3) is 0 Å². The molecule has 2 rings (SSSR count). The molecule has 4 heteroatoms. The van der Waals surface area contributed by atoms with Gasteiger partial charge in [-0.25, -0.2) is 4.98 Å². The lowest BCUT2D eigenvalue weighted by Crippen LogP contribution is -1.98. The van der Waals surface area contributed by atoms with Crippen LogP contribution in [0.1, 0.15) is 5.69 Å². The van der Waals surface area contributed by atoms with Crippen LogP contribution >= 0.6 is 15.9 Å². The molecule has 0 saturated heterocycles. The summed E-state index contributed by atoms with van der Waals surface area (Å²) in [5.74, 6) is 0. The SMILES string of the molecule is NCc1ccc2c(Br)c[nH]c2n1. The average molecular weight is 226 g/mol. The van der Waals surface area contributed by atoms with Crippen molar-refractivity contribution in [2.45, 2.75) is 6.54 Å². The van der Waals surface area contributed by atoms with Crippen LogP contribution in [0.2, 0.25) is 0 Å². The Balaban J connectivity index is 2.69. The van der Waals surface area contributed by atoms with Gasteiger partial charge in [-0.3, -0.25) is 0 Å². The molecule has 0 radical (unpaired) electrons. The second-order valence-electron chi connectivity index (χ2n) is 2.54. The number of nitrogens with zero attached hydrogens (tertiary/aromatic N) is 1. The first-order valence-electron chi connectivity index (χ1n) is 3.64. The van der Waals surface area contributed by atoms with E-state index in [4.69, 9.17) is 5.73 Å². The molecule has 0 aliphatic rings. The third-order valence-electron chi connectivity index (χ3n) is 1.75. The molecule has 0 spiro atoms. The van der Waals surface area contributed by atoms with E-state index >= 15 is 0 Å². The van der Waals surface area contributed by atoms with Gasteiger partial charge in [0.1, 0.15) is 5.65 Å². The van der Waals surface area contributed by atoms with Crippen molar-refractivity contribution in [3.8, 4) is 0 Å². The summed E-state index contributed by atoms with van der Waals surface area (Å²) in [5, 5.41) is 1.09. The summed E-state index contributed by atoms with van der Waals surface area (Å²) in [5.41, 5.74) is 7.24. The highest BCUT2D eigenvalue weighted by Gasteiger charge is 2.01. The van der Waals surface area contributed by atoms with Crippen molar-refractivity contribution in [1.29, 1.82) is 0 Å². The number of fused-ring (bicyclic) bond motifs is 1. The minimum absolute atomic E-state index is 0.479. The Morgan fingerprint density at radius 1 is 1.50 bits per heavy atom. The van der Waals surface area contributed by atoms with E-state index < -0.39 is 0 Å². The fraction of sp³-hybridized carbons (Fsp3) is 0.125. The van der Waals surface area contributed by atoms with E-state index in [0.29, 0.717) is 6.54 Å². The highest BCUT2D eigenvalue weighted by molar-refractivity contribution is 9.10. The summed E-state index contributed by atoms with van der Waals surface area (Å²) in [6, 6.07) is 3.94. The van der Waals surface area contributed by atoms with Crippen LogP contribution in [0.25, 0.3) is 11.0 Å². The van der Waals surface area contributed by atoms with E-state index in [1.165, 1.54) is 0 Å². The number of hydrogen-bond donors (Lipinski definition) is 2. The number of H-pyrrole nitrogens is 1. The van der Waals surface area contributed by atoms with Crippen LogP contribution in [-0.4, -0.2) is 9.97 Å². The van der Waals surface area contributed by atoms with Gasteiger partial charge >= 0.3 is 0 Å². The number of hydrogen-bond acceptors (Lipinski definition) is 2. The first kappa shape index (κ1) is 7.76. The molecule has 0 aromatic carbocycles. The zero-order valence-corrected chi connectivity index (χ0v) is 7.93. The van der Waals surface area contributed by atoms with Crippen LogP contribution in [0.15, 0.2) is 22.8 Å². The zero-order valence-electron chi connectivity index (χ0n) is 6.34. The predicted octanol–water partition coefficient (Wildman–Crippen LogP) is 1.78. The highest BCUT2D eigenvalue weighted by atomic mass is 79.9. The van der Waals surface area contributed by atoms with Crippen LogP contribution < -0.4 is 5.73 Å². The van der Waals surface area contributed by atoms with Crippen LogP contribution in [-0.2, 0) is 6.54 Å². The van der Waals surface area contributed by atoms with Crippen molar-refractivity contribution in [1.82, 2.24) is 9.97 Å². The molecular formula is C8H8BrN3. The number of pyridine rings is 1. The monoisotopic (exact) mass is 225 g/mol. The van der Waals surface area contributed by atoms with Crippen molar-refractivity contribution in [3.63, 3.8) is 0 Å². The summed E-state index contributed by atoms with van der Waals surface area (Å²) < 4.78 is 1.04. The van der Waals surface area contributed by atoms with Crippen molar-refractivity contribution in [2.24, 2.45) is 5.73 Å². The third-order valence-corrected chi connectivity index (χ3v) is 2.41. The normalized spacial score (nSPS) is 10.8. The molecule has 2 aromatic rings. The maximum absolute atomic E-state index is 5.46. The summed E-state index contributed by atoms with van der Waals surface area (Å²) >= 11 is 3.41. The molecule has 0 atom stereocenters. The Kier molecular flexibility index (Phi) is 1.86. The molecule has 62 valence electrons. The fourth-order valence-electron chi connectivity index (χ4n) is 1.13. The number of rotatable bonds is 1. The summed E-state index contributed by atoms with van der Waals surface area (Å²) in [6.45, 7) is 0.479. The number of nitrogens with one attached hydrogen (secondary N) is 1. The second-order valence-corrected chi connectivity index (χ2v) is 3.39. The topological polar surface area (TPSA) is 54.7 Å². The van der Waals surface area contributed by atoms with Crippen LogP contribution in [0.5, 0.6) is 0 Å². The van der Waals surface area contributed by atoms with Gasteiger partial charge in [0.05, 0.1) is 5.69 Å². The van der Waals surface area contributed by atoms with Crippen LogP contribution in [0, 0.1) is 0 Å². The Bertz CT molecular complexity index is 408. The van der Waals surface area contributed by atoms with Crippen LogP contribution in [0.4, 0.5) is 0 Å². The maximum Gasteiger partial charge on any atom is 0.138 e. The van der Waals surface area contributed by atoms with Crippen molar-refractivity contribution >= 4 is 27.0 Å². The van der Waals surface area contributed by atoms with Gasteiger partial charge in [0, 0.05) is 22.6 Å². The van der Waals surface area contributed by atoms with Gasteiger partial charge in [-0.1, -0.05) is 0 Å². The van der Waals surface area contributed by atoms with Crippen LogP contribution in [0.3, 0.4) is 0 Å². The summed E-state index contributed by atoms with van der Waals surface area (Å²) in [7, 11) is 0. The molecule has 0 aliphatic heterocycles. The van der Waals surface area contributed by atoms with Crippen molar-refractivity contribution < 1.29 is 0 Å². The molecule has 3 N–H and O–H groups in total. The zero-order chi connectivity index (χ0) is 8.55. The number of nitrogens with two attached hydrogens (primary N) is 1. The highest BCUT2D eigenvalue weighted by Crippen LogP contribution is 2.21. The van der Waals surface area contributed by atoms with Crippen molar-refractivity contribution in [2.75, 3.05) is 0 Å². The van der Waals surface area contributed by atoms with Gasteiger partial charge in [-0.05, 0) is 28.1 Å². The number of aromatic nitrogens is 2. The summed E-state index contributed by atoms with van der Waals surface area (Å²) in [6.07, 6.45) is 1.87. The molecule has 0 saturated carbocycles. The molecule has 0 unspecified atom stereocenters. The molecule has 12 heavy (non-hydrogen) atoms. The molecule has 0 fully saturated rings. The molecular weight excluding hydrogens is 218 g/mol. The predicted molar refractivity (Wildman–Crippen MR) is 51.7 cm³/mol. The minimum atomic E-state index is 0.479. The van der Waals surface area contributed by atoms with Gasteiger partial charge < -0.3 is 10.7 Å². The van der Waals surface area contributed by atoms with E-state index in [1.54, 1.807) is 0 Å². The lowest BCUT2D eigenvalue weighted by Gasteiger charge is -1.94. The second kappa shape index (κ2) is 2.88. The van der Waals surface area contributed by atoms with Crippen molar-refractivity contribution in [3.05, 3.63) is 28.5 Å². The molecule has 2 aromatic heterocycles. The van der Waals surface area contributed by atoms with E-state index in [1.807, 2.05) is 18.3 Å². The smallest absolute Gasteiger partial charge is 0.138 e. The minimum Gasteiger partial charge on any atom is -0.345 e. The lowest BCUT2D eigenvalue weighted by molar-refractivity contribution is 1.00. The molecule has 0 amide bonds. The number of aromatic amines is 1.